The molecule has 0 spiro atoms. The lowest BCUT2D eigenvalue weighted by molar-refractivity contribution is -0.387. The first-order valence-corrected chi connectivity index (χ1v) is 9.20. The zero-order chi connectivity index (χ0) is 19.5. The Hall–Kier alpha value is -2.49. The molecular weight excluding hydrogens is 382 g/mol. The van der Waals surface area contributed by atoms with Crippen molar-refractivity contribution in [3.8, 4) is 0 Å². The topological polar surface area (TPSA) is 110 Å². The van der Waals surface area contributed by atoms with Crippen molar-refractivity contribution in [2.45, 2.75) is 11.4 Å². The summed E-state index contributed by atoms with van der Waals surface area (Å²) in [5.41, 5.74) is 0.481. The molecule has 0 radical (unpaired) electrons. The van der Waals surface area contributed by atoms with Crippen LogP contribution in [-0.4, -0.2) is 37.6 Å². The minimum Gasteiger partial charge on any atom is -0.355 e. The summed E-state index contributed by atoms with van der Waals surface area (Å²) in [5.74, 6) is -0.255. The van der Waals surface area contributed by atoms with Crippen molar-refractivity contribution in [1.82, 2.24) is 9.62 Å². The molecule has 2 rings (SSSR count). The van der Waals surface area contributed by atoms with Gasteiger partial charge >= 0.3 is 0 Å². The molecule has 8 nitrogen and oxygen atoms in total. The van der Waals surface area contributed by atoms with Crippen molar-refractivity contribution >= 4 is 33.2 Å². The third-order valence-corrected chi connectivity index (χ3v) is 5.74. The molecular formula is C16H16ClN3O5S. The van der Waals surface area contributed by atoms with Crippen LogP contribution < -0.4 is 5.32 Å². The van der Waals surface area contributed by atoms with Gasteiger partial charge in [-0.1, -0.05) is 23.7 Å². The molecule has 0 aliphatic heterocycles. The fourth-order valence-corrected chi connectivity index (χ4v) is 3.73. The molecule has 0 heterocycles. The van der Waals surface area contributed by atoms with Crippen molar-refractivity contribution in [1.29, 1.82) is 0 Å². The molecule has 26 heavy (non-hydrogen) atoms. The van der Waals surface area contributed by atoms with Crippen molar-refractivity contribution < 1.29 is 18.1 Å². The second-order valence-corrected chi connectivity index (χ2v) is 7.86. The zero-order valence-corrected chi connectivity index (χ0v) is 15.5. The van der Waals surface area contributed by atoms with Gasteiger partial charge < -0.3 is 5.32 Å². The fourth-order valence-electron chi connectivity index (χ4n) is 2.27. The SMILES string of the molecule is CNC(=O)c1ccc(CN(C)S(=O)(=O)c2ccc(Cl)cc2[N+](=O)[O-])cc1. The first-order chi connectivity index (χ1) is 12.2. The maximum Gasteiger partial charge on any atom is 0.290 e. The predicted octanol–water partition coefficient (Wildman–Crippen LogP) is 2.43. The van der Waals surface area contributed by atoms with E-state index in [0.29, 0.717) is 11.1 Å². The highest BCUT2D eigenvalue weighted by molar-refractivity contribution is 7.89. The first kappa shape index (κ1) is 19.8. The Morgan fingerprint density at radius 3 is 2.38 bits per heavy atom. The minimum atomic E-state index is -4.11. The number of sulfonamides is 1. The monoisotopic (exact) mass is 397 g/mol. The number of carbonyl (C=O) groups is 1. The highest BCUT2D eigenvalue weighted by Crippen LogP contribution is 2.29. The Morgan fingerprint density at radius 1 is 1.23 bits per heavy atom. The summed E-state index contributed by atoms with van der Waals surface area (Å²) in [7, 11) is -1.28. The van der Waals surface area contributed by atoms with Gasteiger partial charge in [-0.3, -0.25) is 14.9 Å². The van der Waals surface area contributed by atoms with E-state index in [0.717, 1.165) is 16.4 Å². The van der Waals surface area contributed by atoms with Crippen LogP contribution in [0.1, 0.15) is 15.9 Å². The van der Waals surface area contributed by atoms with Gasteiger partial charge in [-0.25, -0.2) is 8.42 Å². The van der Waals surface area contributed by atoms with Crippen LogP contribution in [0.5, 0.6) is 0 Å². The molecule has 0 aromatic heterocycles. The van der Waals surface area contributed by atoms with E-state index >= 15 is 0 Å². The van der Waals surface area contributed by atoms with Gasteiger partial charge in [0.1, 0.15) is 0 Å². The molecule has 0 saturated heterocycles. The normalized spacial score (nSPS) is 11.4. The molecule has 0 fully saturated rings. The van der Waals surface area contributed by atoms with Crippen LogP contribution in [0.4, 0.5) is 5.69 Å². The number of nitrogens with one attached hydrogen (secondary N) is 1. The van der Waals surface area contributed by atoms with E-state index in [2.05, 4.69) is 5.32 Å². The van der Waals surface area contributed by atoms with Gasteiger partial charge in [0.15, 0.2) is 4.90 Å². The summed E-state index contributed by atoms with van der Waals surface area (Å²) >= 11 is 5.73. The number of rotatable bonds is 6. The Balaban J connectivity index is 2.30. The third-order valence-electron chi connectivity index (χ3n) is 3.65. The molecule has 0 atom stereocenters. The quantitative estimate of drug-likeness (QED) is 0.594. The summed E-state index contributed by atoms with van der Waals surface area (Å²) in [6, 6.07) is 9.77. The molecule has 0 unspecified atom stereocenters. The molecule has 1 N–H and O–H groups in total. The van der Waals surface area contributed by atoms with Crippen LogP contribution in [0, 0.1) is 10.1 Å². The molecule has 0 bridgehead atoms. The largest absolute Gasteiger partial charge is 0.355 e. The van der Waals surface area contributed by atoms with Crippen LogP contribution in [0.15, 0.2) is 47.4 Å². The van der Waals surface area contributed by atoms with Crippen LogP contribution in [-0.2, 0) is 16.6 Å². The van der Waals surface area contributed by atoms with Crippen molar-refractivity contribution in [2.24, 2.45) is 0 Å². The van der Waals surface area contributed by atoms with Crippen LogP contribution >= 0.6 is 11.6 Å². The minimum absolute atomic E-state index is 0.0177. The van der Waals surface area contributed by atoms with Gasteiger partial charge in [0.25, 0.3) is 11.6 Å². The average Bonchev–Trinajstić information content (AvgIpc) is 2.61. The fraction of sp³-hybridized carbons (Fsp3) is 0.188. The standard InChI is InChI=1S/C16H16ClN3O5S/c1-18-16(21)12-5-3-11(4-6-12)10-19(2)26(24,25)15-8-7-13(17)9-14(15)20(22)23/h3-9H,10H2,1-2H3,(H,18,21). The number of nitro groups is 1. The second kappa shape index (κ2) is 7.81. The number of nitrogens with zero attached hydrogens (tertiary/aromatic N) is 2. The van der Waals surface area contributed by atoms with Crippen LogP contribution in [0.3, 0.4) is 0 Å². The van der Waals surface area contributed by atoms with Crippen molar-refractivity contribution in [3.63, 3.8) is 0 Å². The zero-order valence-electron chi connectivity index (χ0n) is 14.0. The van der Waals surface area contributed by atoms with Crippen LogP contribution in [0.2, 0.25) is 5.02 Å². The number of halogens is 1. The van der Waals surface area contributed by atoms with Gasteiger partial charge in [0, 0.05) is 37.3 Å². The Kier molecular flexibility index (Phi) is 5.96. The number of hydrogen-bond acceptors (Lipinski definition) is 5. The number of benzene rings is 2. The number of carbonyl (C=O) groups excluding carboxylic acids is 1. The third kappa shape index (κ3) is 4.18. The average molecular weight is 398 g/mol. The molecule has 10 heteroatoms. The number of hydrogen-bond donors (Lipinski definition) is 1. The van der Waals surface area contributed by atoms with E-state index in [-0.39, 0.29) is 17.5 Å². The lowest BCUT2D eigenvalue weighted by Gasteiger charge is -2.17. The van der Waals surface area contributed by atoms with E-state index in [1.807, 2.05) is 0 Å². The molecule has 1 amide bonds. The molecule has 138 valence electrons. The highest BCUT2D eigenvalue weighted by atomic mass is 35.5. The predicted molar refractivity (Wildman–Crippen MR) is 96.6 cm³/mol. The molecule has 0 saturated carbocycles. The Bertz CT molecular complexity index is 945. The maximum atomic E-state index is 12.7. The van der Waals surface area contributed by atoms with E-state index in [1.165, 1.54) is 20.2 Å². The molecule has 2 aromatic carbocycles. The van der Waals surface area contributed by atoms with Crippen molar-refractivity contribution in [2.75, 3.05) is 14.1 Å². The Labute approximate surface area is 155 Å². The van der Waals surface area contributed by atoms with Crippen molar-refractivity contribution in [3.05, 3.63) is 68.7 Å². The number of amides is 1. The van der Waals surface area contributed by atoms with E-state index in [9.17, 15) is 23.3 Å². The summed E-state index contributed by atoms with van der Waals surface area (Å²) in [6.45, 7) is -0.0177. The van der Waals surface area contributed by atoms with E-state index in [4.69, 9.17) is 11.6 Å². The maximum absolute atomic E-state index is 12.7. The summed E-state index contributed by atoms with van der Waals surface area (Å²) in [5, 5.41) is 13.7. The molecule has 0 aliphatic rings. The number of nitro benzene ring substituents is 1. The Morgan fingerprint density at radius 2 is 1.85 bits per heavy atom. The lowest BCUT2D eigenvalue weighted by atomic mass is 10.1. The van der Waals surface area contributed by atoms with Gasteiger partial charge in [-0.2, -0.15) is 4.31 Å². The van der Waals surface area contributed by atoms with Gasteiger partial charge in [0.05, 0.1) is 4.92 Å². The van der Waals surface area contributed by atoms with E-state index < -0.39 is 25.5 Å². The highest BCUT2D eigenvalue weighted by Gasteiger charge is 2.29. The lowest BCUT2D eigenvalue weighted by Crippen LogP contribution is -2.27. The summed E-state index contributed by atoms with van der Waals surface area (Å²) in [6.07, 6.45) is 0. The van der Waals surface area contributed by atoms with Crippen LogP contribution in [0.25, 0.3) is 0 Å². The summed E-state index contributed by atoms with van der Waals surface area (Å²) in [4.78, 5) is 21.5. The molecule has 2 aromatic rings. The second-order valence-electron chi connectivity index (χ2n) is 5.41. The van der Waals surface area contributed by atoms with Gasteiger partial charge in [-0.15, -0.1) is 0 Å². The van der Waals surface area contributed by atoms with E-state index in [1.54, 1.807) is 24.3 Å². The van der Waals surface area contributed by atoms with Gasteiger partial charge in [-0.05, 0) is 29.8 Å². The first-order valence-electron chi connectivity index (χ1n) is 7.38. The smallest absolute Gasteiger partial charge is 0.290 e. The van der Waals surface area contributed by atoms with Gasteiger partial charge in [0.2, 0.25) is 10.0 Å². The molecule has 0 aliphatic carbocycles. The summed E-state index contributed by atoms with van der Waals surface area (Å²) < 4.78 is 26.4.